The van der Waals surface area contributed by atoms with Gasteiger partial charge in [0.15, 0.2) is 0 Å². The van der Waals surface area contributed by atoms with Crippen molar-refractivity contribution in [2.75, 3.05) is 13.1 Å². The number of rotatable bonds is 5. The van der Waals surface area contributed by atoms with Gasteiger partial charge in [0.2, 0.25) is 11.1 Å². The number of likely N-dealkylation sites (tertiary alicyclic amines) is 1. The molecule has 6 heteroatoms. The van der Waals surface area contributed by atoms with Crippen LogP contribution in [0.3, 0.4) is 0 Å². The van der Waals surface area contributed by atoms with E-state index in [9.17, 15) is 4.79 Å². The summed E-state index contributed by atoms with van der Waals surface area (Å²) in [4.78, 5) is 19.0. The summed E-state index contributed by atoms with van der Waals surface area (Å²) < 4.78 is 0. The zero-order valence-corrected chi connectivity index (χ0v) is 16.4. The van der Waals surface area contributed by atoms with E-state index < -0.39 is 0 Å². The number of nitrogens with zero attached hydrogens (tertiary/aromatic N) is 3. The van der Waals surface area contributed by atoms with Crippen LogP contribution >= 0.6 is 11.8 Å². The van der Waals surface area contributed by atoms with Crippen molar-refractivity contribution in [3.63, 3.8) is 0 Å². The standard InChI is InChI=1S/C20H26N4OS/c1-14-10-12-24(13-11-14)19(25)16(3)26-20-21-18(22-23-20)9-8-17-7-5-4-6-15(17)2/h4-9,14,16H,10-13H2,1-3H3,(H,21,22,23)/b9-8+. The predicted octanol–water partition coefficient (Wildman–Crippen LogP) is 4.02. The number of aromatic nitrogens is 3. The van der Waals surface area contributed by atoms with E-state index in [0.717, 1.165) is 37.4 Å². The molecule has 1 aliphatic heterocycles. The van der Waals surface area contributed by atoms with Gasteiger partial charge in [0.05, 0.1) is 5.25 Å². The van der Waals surface area contributed by atoms with E-state index in [1.807, 2.05) is 36.1 Å². The van der Waals surface area contributed by atoms with E-state index in [2.05, 4.69) is 41.2 Å². The molecule has 0 radical (unpaired) electrons. The zero-order valence-electron chi connectivity index (χ0n) is 15.6. The van der Waals surface area contributed by atoms with Crippen molar-refractivity contribution in [2.45, 2.75) is 44.0 Å². The molecule has 26 heavy (non-hydrogen) atoms. The number of aryl methyl sites for hydroxylation is 1. The second-order valence-electron chi connectivity index (χ2n) is 6.96. The van der Waals surface area contributed by atoms with Crippen molar-refractivity contribution in [3.05, 3.63) is 41.2 Å². The summed E-state index contributed by atoms with van der Waals surface area (Å²) >= 11 is 1.41. The highest BCUT2D eigenvalue weighted by Crippen LogP contribution is 2.24. The maximum absolute atomic E-state index is 12.6. The lowest BCUT2D eigenvalue weighted by Gasteiger charge is -2.31. The number of thioether (sulfide) groups is 1. The van der Waals surface area contributed by atoms with Crippen LogP contribution in [0.2, 0.25) is 0 Å². The summed E-state index contributed by atoms with van der Waals surface area (Å²) in [6, 6.07) is 8.19. The number of carbonyl (C=O) groups excluding carboxylic acids is 1. The molecule has 0 spiro atoms. The molecule has 0 aliphatic carbocycles. The molecule has 1 amide bonds. The van der Waals surface area contributed by atoms with Gasteiger partial charge in [0.25, 0.3) is 0 Å². The van der Waals surface area contributed by atoms with Gasteiger partial charge in [-0.2, -0.15) is 0 Å². The van der Waals surface area contributed by atoms with Gasteiger partial charge in [-0.25, -0.2) is 4.98 Å². The maximum Gasteiger partial charge on any atom is 0.235 e. The Morgan fingerprint density at radius 2 is 2.04 bits per heavy atom. The average molecular weight is 371 g/mol. The van der Waals surface area contributed by atoms with Crippen LogP contribution in [0.1, 0.15) is 43.6 Å². The van der Waals surface area contributed by atoms with E-state index in [1.165, 1.54) is 17.3 Å². The second kappa shape index (κ2) is 8.54. The molecular weight excluding hydrogens is 344 g/mol. The minimum absolute atomic E-state index is 0.174. The van der Waals surface area contributed by atoms with Gasteiger partial charge in [-0.1, -0.05) is 49.0 Å². The highest BCUT2D eigenvalue weighted by molar-refractivity contribution is 8.00. The predicted molar refractivity (Wildman–Crippen MR) is 107 cm³/mol. The van der Waals surface area contributed by atoms with Crippen molar-refractivity contribution >= 4 is 29.8 Å². The van der Waals surface area contributed by atoms with E-state index in [0.29, 0.717) is 11.0 Å². The lowest BCUT2D eigenvalue weighted by Crippen LogP contribution is -2.41. The fourth-order valence-electron chi connectivity index (χ4n) is 3.02. The molecular formula is C20H26N4OS. The minimum atomic E-state index is -0.174. The normalized spacial score (nSPS) is 17.0. The number of amides is 1. The molecule has 1 unspecified atom stereocenters. The molecule has 1 saturated heterocycles. The van der Waals surface area contributed by atoms with Crippen LogP contribution < -0.4 is 0 Å². The summed E-state index contributed by atoms with van der Waals surface area (Å²) in [5.74, 6) is 1.60. The topological polar surface area (TPSA) is 61.9 Å². The molecule has 2 heterocycles. The number of carbonyl (C=O) groups is 1. The number of benzene rings is 1. The van der Waals surface area contributed by atoms with Crippen LogP contribution in [0.5, 0.6) is 0 Å². The van der Waals surface area contributed by atoms with Crippen LogP contribution in [0.25, 0.3) is 12.2 Å². The van der Waals surface area contributed by atoms with Gasteiger partial charge in [0.1, 0.15) is 5.82 Å². The monoisotopic (exact) mass is 370 g/mol. The number of piperidine rings is 1. The Labute approximate surface area is 159 Å². The smallest absolute Gasteiger partial charge is 0.235 e. The van der Waals surface area contributed by atoms with Gasteiger partial charge >= 0.3 is 0 Å². The molecule has 0 saturated carbocycles. The van der Waals surface area contributed by atoms with Crippen molar-refractivity contribution in [1.29, 1.82) is 0 Å². The van der Waals surface area contributed by atoms with Gasteiger partial charge < -0.3 is 4.90 Å². The molecule has 0 bridgehead atoms. The van der Waals surface area contributed by atoms with Gasteiger partial charge in [-0.05, 0) is 49.8 Å². The summed E-state index contributed by atoms with van der Waals surface area (Å²) in [6.07, 6.45) is 6.13. The van der Waals surface area contributed by atoms with E-state index in [1.54, 1.807) is 0 Å². The first-order chi connectivity index (χ1) is 12.5. The quantitative estimate of drug-likeness (QED) is 0.808. The lowest BCUT2D eigenvalue weighted by molar-refractivity contribution is -0.131. The molecule has 1 fully saturated rings. The summed E-state index contributed by atoms with van der Waals surface area (Å²) in [6.45, 7) is 7.99. The Morgan fingerprint density at radius 1 is 1.31 bits per heavy atom. The SMILES string of the molecule is Cc1ccccc1/C=C/c1nc(SC(C)C(=O)N2CCC(C)CC2)n[nH]1. The summed E-state index contributed by atoms with van der Waals surface area (Å²) in [5.41, 5.74) is 2.37. The van der Waals surface area contributed by atoms with Crippen LogP contribution in [0.4, 0.5) is 0 Å². The molecule has 1 aromatic carbocycles. The number of H-pyrrole nitrogens is 1. The minimum Gasteiger partial charge on any atom is -0.342 e. The maximum atomic E-state index is 12.6. The molecule has 1 aliphatic rings. The van der Waals surface area contributed by atoms with Crippen molar-refractivity contribution < 1.29 is 4.79 Å². The molecule has 3 rings (SSSR count). The average Bonchev–Trinajstić information content (AvgIpc) is 3.08. The Bertz CT molecular complexity index is 778. The Hall–Kier alpha value is -2.08. The lowest BCUT2D eigenvalue weighted by atomic mass is 9.99. The second-order valence-corrected chi connectivity index (χ2v) is 8.27. The number of hydrogen-bond donors (Lipinski definition) is 1. The Morgan fingerprint density at radius 3 is 2.77 bits per heavy atom. The van der Waals surface area contributed by atoms with Crippen LogP contribution in [-0.2, 0) is 4.79 Å². The van der Waals surface area contributed by atoms with E-state index in [-0.39, 0.29) is 11.2 Å². The fraction of sp³-hybridized carbons (Fsp3) is 0.450. The first-order valence-electron chi connectivity index (χ1n) is 9.14. The number of nitrogens with one attached hydrogen (secondary N) is 1. The highest BCUT2D eigenvalue weighted by atomic mass is 32.2. The molecule has 5 nitrogen and oxygen atoms in total. The van der Waals surface area contributed by atoms with E-state index in [4.69, 9.17) is 0 Å². The van der Waals surface area contributed by atoms with Gasteiger partial charge in [-0.3, -0.25) is 9.89 Å². The summed E-state index contributed by atoms with van der Waals surface area (Å²) in [5, 5.41) is 7.60. The molecule has 1 aromatic heterocycles. The number of hydrogen-bond acceptors (Lipinski definition) is 4. The molecule has 2 aromatic rings. The van der Waals surface area contributed by atoms with Crippen LogP contribution in [-0.4, -0.2) is 44.3 Å². The largest absolute Gasteiger partial charge is 0.342 e. The Balaban J connectivity index is 1.58. The van der Waals surface area contributed by atoms with Crippen molar-refractivity contribution in [2.24, 2.45) is 5.92 Å². The third kappa shape index (κ3) is 4.75. The molecule has 138 valence electrons. The highest BCUT2D eigenvalue weighted by Gasteiger charge is 2.25. The van der Waals surface area contributed by atoms with Crippen LogP contribution in [0, 0.1) is 12.8 Å². The fourth-order valence-corrected chi connectivity index (χ4v) is 3.84. The number of aromatic amines is 1. The van der Waals surface area contributed by atoms with Gasteiger partial charge in [0, 0.05) is 13.1 Å². The first-order valence-corrected chi connectivity index (χ1v) is 10.0. The third-order valence-corrected chi connectivity index (χ3v) is 5.77. The zero-order chi connectivity index (χ0) is 18.5. The third-order valence-electron chi connectivity index (χ3n) is 4.82. The van der Waals surface area contributed by atoms with E-state index >= 15 is 0 Å². The van der Waals surface area contributed by atoms with Gasteiger partial charge in [-0.15, -0.1) is 5.10 Å². The van der Waals surface area contributed by atoms with Crippen molar-refractivity contribution in [3.8, 4) is 0 Å². The molecule has 1 atom stereocenters. The van der Waals surface area contributed by atoms with Crippen LogP contribution in [0.15, 0.2) is 29.4 Å². The Kier molecular flexibility index (Phi) is 6.14. The molecule has 1 N–H and O–H groups in total. The first kappa shape index (κ1) is 18.7. The van der Waals surface area contributed by atoms with Crippen molar-refractivity contribution in [1.82, 2.24) is 20.1 Å². The summed E-state index contributed by atoms with van der Waals surface area (Å²) in [7, 11) is 0.